The average Bonchev–Trinajstić information content (AvgIpc) is 2.88. The molecule has 0 fully saturated rings. The summed E-state index contributed by atoms with van der Waals surface area (Å²) < 4.78 is 7.61. The molecular formula is C18H20N4O. The van der Waals surface area contributed by atoms with Crippen LogP contribution in [-0.4, -0.2) is 19.7 Å². The zero-order valence-corrected chi connectivity index (χ0v) is 13.7. The highest BCUT2D eigenvalue weighted by Gasteiger charge is 2.07. The summed E-state index contributed by atoms with van der Waals surface area (Å²) in [6, 6.07) is 11.9. The number of aryl methyl sites for hydroxylation is 3. The van der Waals surface area contributed by atoms with Gasteiger partial charge in [0.2, 0.25) is 5.88 Å². The van der Waals surface area contributed by atoms with Crippen LogP contribution < -0.4 is 4.74 Å². The first-order valence-corrected chi connectivity index (χ1v) is 7.78. The Labute approximate surface area is 136 Å². The van der Waals surface area contributed by atoms with Crippen molar-refractivity contribution in [2.24, 2.45) is 0 Å². The van der Waals surface area contributed by atoms with Crippen molar-refractivity contribution < 1.29 is 4.74 Å². The van der Waals surface area contributed by atoms with E-state index in [1.54, 1.807) is 10.7 Å². The van der Waals surface area contributed by atoms with E-state index in [2.05, 4.69) is 34.1 Å². The summed E-state index contributed by atoms with van der Waals surface area (Å²) in [4.78, 5) is 8.45. The molecular weight excluding hydrogens is 288 g/mol. The molecule has 118 valence electrons. The second-order valence-corrected chi connectivity index (χ2v) is 5.55. The largest absolute Gasteiger partial charge is 0.439 e. The van der Waals surface area contributed by atoms with Gasteiger partial charge >= 0.3 is 0 Å². The number of hydrogen-bond donors (Lipinski definition) is 0. The summed E-state index contributed by atoms with van der Waals surface area (Å²) in [6.45, 7) is 6.13. The Morgan fingerprint density at radius 1 is 1.04 bits per heavy atom. The summed E-state index contributed by atoms with van der Waals surface area (Å²) in [7, 11) is 0. The molecule has 0 unspecified atom stereocenters. The van der Waals surface area contributed by atoms with Gasteiger partial charge in [0.1, 0.15) is 12.1 Å². The fourth-order valence-corrected chi connectivity index (χ4v) is 2.50. The Kier molecular flexibility index (Phi) is 4.37. The summed E-state index contributed by atoms with van der Waals surface area (Å²) in [6.07, 6.45) is 3.71. The second kappa shape index (κ2) is 6.60. The molecule has 0 spiro atoms. The van der Waals surface area contributed by atoms with Gasteiger partial charge in [-0.2, -0.15) is 5.10 Å². The van der Waals surface area contributed by atoms with Crippen LogP contribution in [0, 0.1) is 13.8 Å². The second-order valence-electron chi connectivity index (χ2n) is 5.55. The zero-order valence-electron chi connectivity index (χ0n) is 13.7. The monoisotopic (exact) mass is 308 g/mol. The smallest absolute Gasteiger partial charge is 0.224 e. The third-order valence-corrected chi connectivity index (χ3v) is 3.54. The van der Waals surface area contributed by atoms with E-state index in [0.717, 1.165) is 30.0 Å². The maximum Gasteiger partial charge on any atom is 0.224 e. The lowest BCUT2D eigenvalue weighted by atomic mass is 10.1. The molecule has 2 aromatic heterocycles. The van der Waals surface area contributed by atoms with Crippen LogP contribution >= 0.6 is 0 Å². The van der Waals surface area contributed by atoms with E-state index < -0.39 is 0 Å². The number of hydrogen-bond acceptors (Lipinski definition) is 4. The fourth-order valence-electron chi connectivity index (χ4n) is 2.50. The Morgan fingerprint density at radius 3 is 2.48 bits per heavy atom. The molecule has 0 aliphatic rings. The lowest BCUT2D eigenvalue weighted by Crippen LogP contribution is -2.03. The van der Waals surface area contributed by atoms with E-state index in [-0.39, 0.29) is 0 Å². The number of nitrogens with zero attached hydrogens (tertiary/aromatic N) is 4. The maximum absolute atomic E-state index is 5.83. The molecule has 23 heavy (non-hydrogen) atoms. The first-order valence-electron chi connectivity index (χ1n) is 7.78. The molecule has 2 heterocycles. The Morgan fingerprint density at radius 2 is 1.83 bits per heavy atom. The first kappa shape index (κ1) is 15.2. The van der Waals surface area contributed by atoms with E-state index >= 15 is 0 Å². The van der Waals surface area contributed by atoms with Crippen LogP contribution in [0.5, 0.6) is 11.6 Å². The van der Waals surface area contributed by atoms with E-state index in [4.69, 9.17) is 4.74 Å². The fraction of sp³-hybridized carbons (Fsp3) is 0.278. The highest BCUT2D eigenvalue weighted by Crippen LogP contribution is 2.21. The predicted octanol–water partition coefficient (Wildman–Crippen LogP) is 4.02. The number of rotatable bonds is 5. The third kappa shape index (κ3) is 3.56. The third-order valence-electron chi connectivity index (χ3n) is 3.54. The van der Waals surface area contributed by atoms with Gasteiger partial charge < -0.3 is 4.74 Å². The zero-order chi connectivity index (χ0) is 16.2. The molecule has 0 N–H and O–H groups in total. The van der Waals surface area contributed by atoms with Gasteiger partial charge in [0, 0.05) is 11.8 Å². The van der Waals surface area contributed by atoms with Gasteiger partial charge in [-0.05, 0) is 44.0 Å². The first-order chi connectivity index (χ1) is 11.2. The van der Waals surface area contributed by atoms with Gasteiger partial charge in [-0.15, -0.1) is 0 Å². The van der Waals surface area contributed by atoms with E-state index in [1.165, 1.54) is 11.9 Å². The standard InChI is InChI=1S/C18H20N4O/c1-4-5-15-6-8-16(9-7-15)23-18-11-17(19-12-20-18)22-14(3)10-13(2)21-22/h6-12H,4-5H2,1-3H3. The van der Waals surface area contributed by atoms with Crippen LogP contribution in [0.2, 0.25) is 0 Å². The van der Waals surface area contributed by atoms with Gasteiger partial charge in [-0.25, -0.2) is 14.6 Å². The Bertz CT molecular complexity index is 793. The molecule has 1 aromatic carbocycles. The lowest BCUT2D eigenvalue weighted by molar-refractivity contribution is 0.460. The molecule has 0 aliphatic heterocycles. The minimum atomic E-state index is 0.505. The van der Waals surface area contributed by atoms with Crippen molar-refractivity contribution in [1.82, 2.24) is 19.7 Å². The molecule has 0 bridgehead atoms. The van der Waals surface area contributed by atoms with Crippen LogP contribution in [0.15, 0.2) is 42.7 Å². The normalized spacial score (nSPS) is 10.7. The highest BCUT2D eigenvalue weighted by molar-refractivity contribution is 5.34. The molecule has 5 heteroatoms. The molecule has 0 atom stereocenters. The molecule has 0 saturated heterocycles. The van der Waals surface area contributed by atoms with Gasteiger partial charge in [0.25, 0.3) is 0 Å². The van der Waals surface area contributed by atoms with Gasteiger partial charge in [-0.1, -0.05) is 25.5 Å². The van der Waals surface area contributed by atoms with Crippen molar-refractivity contribution in [2.75, 3.05) is 0 Å². The van der Waals surface area contributed by atoms with Crippen LogP contribution in [0.4, 0.5) is 0 Å². The summed E-state index contributed by atoms with van der Waals surface area (Å²) in [5, 5.41) is 4.43. The van der Waals surface area contributed by atoms with Gasteiger partial charge in [0.15, 0.2) is 5.82 Å². The molecule has 3 aromatic rings. The molecule has 3 rings (SSSR count). The van der Waals surface area contributed by atoms with Crippen molar-refractivity contribution in [3.63, 3.8) is 0 Å². The lowest BCUT2D eigenvalue weighted by Gasteiger charge is -2.08. The minimum Gasteiger partial charge on any atom is -0.439 e. The molecule has 0 amide bonds. The molecule has 0 radical (unpaired) electrons. The quantitative estimate of drug-likeness (QED) is 0.714. The summed E-state index contributed by atoms with van der Waals surface area (Å²) in [5.41, 5.74) is 3.29. The van der Waals surface area contributed by atoms with Crippen LogP contribution in [0.3, 0.4) is 0 Å². The Balaban J connectivity index is 1.81. The minimum absolute atomic E-state index is 0.505. The number of benzene rings is 1. The van der Waals surface area contributed by atoms with Crippen molar-refractivity contribution in [3.05, 3.63) is 59.7 Å². The Hall–Kier alpha value is -2.69. The summed E-state index contributed by atoms with van der Waals surface area (Å²) in [5.74, 6) is 1.97. The SMILES string of the molecule is CCCc1ccc(Oc2cc(-n3nc(C)cc3C)ncn2)cc1. The van der Waals surface area contributed by atoms with Crippen molar-refractivity contribution in [1.29, 1.82) is 0 Å². The van der Waals surface area contributed by atoms with Crippen LogP contribution in [0.25, 0.3) is 5.82 Å². The van der Waals surface area contributed by atoms with Crippen LogP contribution in [0.1, 0.15) is 30.3 Å². The number of ether oxygens (including phenoxy) is 1. The van der Waals surface area contributed by atoms with Crippen LogP contribution in [-0.2, 0) is 6.42 Å². The van der Waals surface area contributed by atoms with Gasteiger partial charge in [-0.3, -0.25) is 0 Å². The topological polar surface area (TPSA) is 52.8 Å². The molecule has 0 saturated carbocycles. The van der Waals surface area contributed by atoms with Crippen molar-refractivity contribution >= 4 is 0 Å². The van der Waals surface area contributed by atoms with Crippen molar-refractivity contribution in [2.45, 2.75) is 33.6 Å². The molecule has 0 aliphatic carbocycles. The number of aromatic nitrogens is 4. The van der Waals surface area contributed by atoms with E-state index in [1.807, 2.05) is 32.0 Å². The highest BCUT2D eigenvalue weighted by atomic mass is 16.5. The van der Waals surface area contributed by atoms with Crippen molar-refractivity contribution in [3.8, 4) is 17.4 Å². The van der Waals surface area contributed by atoms with E-state index in [9.17, 15) is 0 Å². The van der Waals surface area contributed by atoms with Gasteiger partial charge in [0.05, 0.1) is 5.69 Å². The summed E-state index contributed by atoms with van der Waals surface area (Å²) >= 11 is 0. The van der Waals surface area contributed by atoms with E-state index in [0.29, 0.717) is 11.7 Å². The maximum atomic E-state index is 5.83. The predicted molar refractivity (Wildman–Crippen MR) is 89.1 cm³/mol. The molecule has 5 nitrogen and oxygen atoms in total. The average molecular weight is 308 g/mol.